The van der Waals surface area contributed by atoms with Crippen molar-refractivity contribution in [1.29, 1.82) is 5.26 Å². The van der Waals surface area contributed by atoms with Crippen molar-refractivity contribution in [3.63, 3.8) is 0 Å². The molecule has 4 rings (SSSR count). The Morgan fingerprint density at radius 3 is 2.50 bits per heavy atom. The molecule has 3 aromatic rings. The number of carbonyl (C=O) groups is 1. The van der Waals surface area contributed by atoms with Gasteiger partial charge in [0.15, 0.2) is 0 Å². The summed E-state index contributed by atoms with van der Waals surface area (Å²) in [4.78, 5) is 28.9. The van der Waals surface area contributed by atoms with Gasteiger partial charge in [-0.15, -0.1) is 0 Å². The Kier molecular flexibility index (Phi) is 6.00. The van der Waals surface area contributed by atoms with E-state index in [2.05, 4.69) is 36.8 Å². The molecule has 0 aliphatic carbocycles. The van der Waals surface area contributed by atoms with Crippen LogP contribution in [0.1, 0.15) is 67.0 Å². The SMILES string of the molecule is CC(C)(C)c1ncc(-c2ccncc2)c(C2CCCN(C(=O)c3ccc(C#N)cc3)C2)n1. The number of hydrogen-bond acceptors (Lipinski definition) is 5. The first-order valence-corrected chi connectivity index (χ1v) is 10.9. The van der Waals surface area contributed by atoms with Crippen LogP contribution in [0.2, 0.25) is 0 Å². The monoisotopic (exact) mass is 425 g/mol. The highest BCUT2D eigenvalue weighted by Crippen LogP contribution is 2.34. The maximum Gasteiger partial charge on any atom is 0.253 e. The number of likely N-dealkylation sites (tertiary alicyclic amines) is 1. The fourth-order valence-corrected chi connectivity index (χ4v) is 4.08. The minimum absolute atomic E-state index is 0.00486. The molecule has 0 spiro atoms. The molecule has 162 valence electrons. The van der Waals surface area contributed by atoms with Crippen molar-refractivity contribution < 1.29 is 4.79 Å². The molecule has 0 saturated carbocycles. The summed E-state index contributed by atoms with van der Waals surface area (Å²) in [6.07, 6.45) is 7.35. The molecule has 0 N–H and O–H groups in total. The van der Waals surface area contributed by atoms with E-state index in [4.69, 9.17) is 10.2 Å². The Hall–Kier alpha value is -3.59. The van der Waals surface area contributed by atoms with Crippen molar-refractivity contribution >= 4 is 5.91 Å². The molecule has 32 heavy (non-hydrogen) atoms. The van der Waals surface area contributed by atoms with Crippen LogP contribution in [-0.4, -0.2) is 38.8 Å². The molecule has 1 saturated heterocycles. The van der Waals surface area contributed by atoms with E-state index in [1.54, 1.807) is 36.7 Å². The van der Waals surface area contributed by atoms with Crippen LogP contribution in [0, 0.1) is 11.3 Å². The molecule has 6 heteroatoms. The van der Waals surface area contributed by atoms with Gasteiger partial charge in [-0.1, -0.05) is 20.8 Å². The quantitative estimate of drug-likeness (QED) is 0.606. The van der Waals surface area contributed by atoms with E-state index >= 15 is 0 Å². The number of hydrogen-bond donors (Lipinski definition) is 0. The number of benzene rings is 1. The number of rotatable bonds is 3. The van der Waals surface area contributed by atoms with Crippen LogP contribution in [0.4, 0.5) is 0 Å². The maximum atomic E-state index is 13.2. The second-order valence-corrected chi connectivity index (χ2v) is 9.26. The highest BCUT2D eigenvalue weighted by molar-refractivity contribution is 5.94. The number of pyridine rings is 1. The summed E-state index contributed by atoms with van der Waals surface area (Å²) in [6, 6.07) is 12.9. The Labute approximate surface area is 189 Å². The van der Waals surface area contributed by atoms with Gasteiger partial charge in [0.25, 0.3) is 5.91 Å². The smallest absolute Gasteiger partial charge is 0.253 e. The molecule has 3 heterocycles. The van der Waals surface area contributed by atoms with Gasteiger partial charge >= 0.3 is 0 Å². The van der Waals surface area contributed by atoms with Crippen LogP contribution in [0.5, 0.6) is 0 Å². The number of amides is 1. The molecule has 0 radical (unpaired) electrons. The Balaban J connectivity index is 1.67. The first kappa shape index (κ1) is 21.6. The van der Waals surface area contributed by atoms with E-state index in [1.807, 2.05) is 23.2 Å². The van der Waals surface area contributed by atoms with Gasteiger partial charge < -0.3 is 4.90 Å². The first-order chi connectivity index (χ1) is 15.4. The number of aromatic nitrogens is 3. The fourth-order valence-electron chi connectivity index (χ4n) is 4.08. The zero-order valence-electron chi connectivity index (χ0n) is 18.7. The van der Waals surface area contributed by atoms with Gasteiger partial charge in [-0.25, -0.2) is 9.97 Å². The summed E-state index contributed by atoms with van der Waals surface area (Å²) in [7, 11) is 0. The molecule has 1 amide bonds. The fraction of sp³-hybridized carbons (Fsp3) is 0.346. The van der Waals surface area contributed by atoms with Gasteiger partial charge in [0, 0.05) is 54.1 Å². The zero-order chi connectivity index (χ0) is 22.7. The first-order valence-electron chi connectivity index (χ1n) is 10.9. The topological polar surface area (TPSA) is 82.8 Å². The maximum absolute atomic E-state index is 13.2. The van der Waals surface area contributed by atoms with Crippen LogP contribution in [0.3, 0.4) is 0 Å². The van der Waals surface area contributed by atoms with Crippen molar-refractivity contribution in [1.82, 2.24) is 19.9 Å². The van der Waals surface area contributed by atoms with Crippen LogP contribution >= 0.6 is 0 Å². The van der Waals surface area contributed by atoms with Gasteiger partial charge in [0.2, 0.25) is 0 Å². The van der Waals surface area contributed by atoms with Gasteiger partial charge in [-0.2, -0.15) is 5.26 Å². The molecule has 1 fully saturated rings. The minimum Gasteiger partial charge on any atom is -0.338 e. The lowest BCUT2D eigenvalue weighted by Crippen LogP contribution is -2.39. The zero-order valence-corrected chi connectivity index (χ0v) is 18.7. The molecule has 1 aromatic carbocycles. The number of carbonyl (C=O) groups excluding carboxylic acids is 1. The number of piperidine rings is 1. The molecular weight excluding hydrogens is 398 g/mol. The summed E-state index contributed by atoms with van der Waals surface area (Å²) < 4.78 is 0. The van der Waals surface area contributed by atoms with E-state index in [0.717, 1.165) is 42.0 Å². The summed E-state index contributed by atoms with van der Waals surface area (Å²) in [6.45, 7) is 7.66. The molecule has 1 atom stereocenters. The standard InChI is InChI=1S/C26H27N5O/c1-26(2,3)25-29-16-22(19-10-12-28-13-11-19)23(30-25)21-5-4-14-31(17-21)24(32)20-8-6-18(15-27)7-9-20/h6-13,16,21H,4-5,14,17H2,1-3H3. The lowest BCUT2D eigenvalue weighted by atomic mass is 9.88. The minimum atomic E-state index is -0.168. The molecule has 1 aliphatic rings. The average Bonchev–Trinajstić information content (AvgIpc) is 2.83. The molecule has 0 bridgehead atoms. The molecule has 6 nitrogen and oxygen atoms in total. The third-order valence-corrected chi connectivity index (χ3v) is 5.84. The van der Waals surface area contributed by atoms with Crippen LogP contribution in [0.25, 0.3) is 11.1 Å². The molecule has 1 aliphatic heterocycles. The normalized spacial score (nSPS) is 16.4. The van der Waals surface area contributed by atoms with E-state index in [9.17, 15) is 4.79 Å². The van der Waals surface area contributed by atoms with Crippen molar-refractivity contribution in [3.8, 4) is 17.2 Å². The third kappa shape index (κ3) is 4.52. The predicted octanol–water partition coefficient (Wildman–Crippen LogP) is 4.73. The second kappa shape index (κ2) is 8.88. The third-order valence-electron chi connectivity index (χ3n) is 5.84. The lowest BCUT2D eigenvalue weighted by molar-refractivity contribution is 0.0706. The predicted molar refractivity (Wildman–Crippen MR) is 123 cm³/mol. The van der Waals surface area contributed by atoms with Gasteiger partial charge in [-0.3, -0.25) is 9.78 Å². The molecular formula is C26H27N5O. The van der Waals surface area contributed by atoms with Crippen LogP contribution < -0.4 is 0 Å². The van der Waals surface area contributed by atoms with E-state index in [0.29, 0.717) is 17.7 Å². The Bertz CT molecular complexity index is 1140. The number of nitriles is 1. The number of nitrogens with zero attached hydrogens (tertiary/aromatic N) is 5. The van der Waals surface area contributed by atoms with E-state index < -0.39 is 0 Å². The van der Waals surface area contributed by atoms with Crippen LogP contribution in [-0.2, 0) is 5.41 Å². The second-order valence-electron chi connectivity index (χ2n) is 9.26. The Morgan fingerprint density at radius 1 is 1.12 bits per heavy atom. The van der Waals surface area contributed by atoms with Crippen LogP contribution in [0.15, 0.2) is 55.0 Å². The lowest BCUT2D eigenvalue weighted by Gasteiger charge is -2.34. The van der Waals surface area contributed by atoms with Crippen molar-refractivity contribution in [2.24, 2.45) is 0 Å². The van der Waals surface area contributed by atoms with Gasteiger partial charge in [-0.05, 0) is 54.8 Å². The summed E-state index contributed by atoms with van der Waals surface area (Å²) in [5, 5.41) is 9.01. The largest absolute Gasteiger partial charge is 0.338 e. The summed E-state index contributed by atoms with van der Waals surface area (Å²) >= 11 is 0. The van der Waals surface area contributed by atoms with Crippen molar-refractivity contribution in [3.05, 3.63) is 77.6 Å². The molecule has 2 aromatic heterocycles. The van der Waals surface area contributed by atoms with E-state index in [1.165, 1.54) is 0 Å². The summed E-state index contributed by atoms with van der Waals surface area (Å²) in [5.74, 6) is 0.925. The Morgan fingerprint density at radius 2 is 1.84 bits per heavy atom. The molecule has 1 unspecified atom stereocenters. The highest BCUT2D eigenvalue weighted by atomic mass is 16.2. The average molecular weight is 426 g/mol. The summed E-state index contributed by atoms with van der Waals surface area (Å²) in [5.41, 5.74) is 4.02. The van der Waals surface area contributed by atoms with Gasteiger partial charge in [0.05, 0.1) is 17.3 Å². The van der Waals surface area contributed by atoms with Crippen molar-refractivity contribution in [2.45, 2.75) is 44.9 Å². The van der Waals surface area contributed by atoms with E-state index in [-0.39, 0.29) is 17.2 Å². The van der Waals surface area contributed by atoms with Crippen molar-refractivity contribution in [2.75, 3.05) is 13.1 Å². The highest BCUT2D eigenvalue weighted by Gasteiger charge is 2.30. The van der Waals surface area contributed by atoms with Gasteiger partial charge in [0.1, 0.15) is 5.82 Å².